The zero-order valence-corrected chi connectivity index (χ0v) is 26.4. The van der Waals surface area contributed by atoms with Gasteiger partial charge in [0.25, 0.3) is 0 Å². The number of fused-ring (bicyclic) bond motifs is 12. The van der Waals surface area contributed by atoms with E-state index in [1.807, 2.05) is 11.3 Å². The molecule has 3 heteroatoms. The molecule has 218 valence electrons. The van der Waals surface area contributed by atoms with Crippen molar-refractivity contribution in [1.82, 2.24) is 0 Å². The van der Waals surface area contributed by atoms with Gasteiger partial charge in [0.2, 0.25) is 0 Å². The van der Waals surface area contributed by atoms with Crippen molar-refractivity contribution < 1.29 is 4.42 Å². The van der Waals surface area contributed by atoms with Gasteiger partial charge >= 0.3 is 0 Å². The van der Waals surface area contributed by atoms with E-state index < -0.39 is 0 Å². The Kier molecular flexibility index (Phi) is 5.25. The summed E-state index contributed by atoms with van der Waals surface area (Å²) in [7, 11) is 0. The highest BCUT2D eigenvalue weighted by atomic mass is 32.1. The Bertz CT molecular complexity index is 2680. The highest BCUT2D eigenvalue weighted by Crippen LogP contribution is 2.52. The molecule has 2 aromatic heterocycles. The van der Waals surface area contributed by atoms with E-state index in [1.165, 1.54) is 58.6 Å². The summed E-state index contributed by atoms with van der Waals surface area (Å²) in [6, 6.07) is 50.7. The lowest BCUT2D eigenvalue weighted by Gasteiger charge is -2.28. The zero-order valence-electron chi connectivity index (χ0n) is 25.5. The lowest BCUT2D eigenvalue weighted by molar-refractivity contribution is 0.660. The predicted octanol–water partition coefficient (Wildman–Crippen LogP) is 12.9. The lowest BCUT2D eigenvalue weighted by Crippen LogP contribution is -2.16. The van der Waals surface area contributed by atoms with Crippen molar-refractivity contribution in [3.63, 3.8) is 0 Å². The molecule has 0 amide bonds. The van der Waals surface area contributed by atoms with Crippen LogP contribution < -0.4 is 4.90 Å². The summed E-state index contributed by atoms with van der Waals surface area (Å²) in [5, 5.41) is 7.50. The van der Waals surface area contributed by atoms with Crippen LogP contribution in [0.1, 0.15) is 25.0 Å². The second-order valence-corrected chi connectivity index (χ2v) is 14.0. The quantitative estimate of drug-likeness (QED) is 0.199. The molecule has 9 aromatic rings. The molecular formula is C43H29NOS. The van der Waals surface area contributed by atoms with Gasteiger partial charge in [-0.05, 0) is 87.6 Å². The van der Waals surface area contributed by atoms with E-state index >= 15 is 0 Å². The number of benzene rings is 7. The number of para-hydroxylation sites is 1. The molecular weight excluding hydrogens is 579 g/mol. The molecule has 0 spiro atoms. The van der Waals surface area contributed by atoms with Gasteiger partial charge in [-0.2, -0.15) is 0 Å². The fourth-order valence-corrected chi connectivity index (χ4v) is 9.17. The molecule has 0 radical (unpaired) electrons. The summed E-state index contributed by atoms with van der Waals surface area (Å²) < 4.78 is 9.21. The fourth-order valence-electron chi connectivity index (χ4n) is 7.91. The van der Waals surface area contributed by atoms with Crippen molar-refractivity contribution in [2.75, 3.05) is 4.90 Å². The Hall–Kier alpha value is -5.38. The largest absolute Gasteiger partial charge is 0.456 e. The minimum Gasteiger partial charge on any atom is -0.456 e. The van der Waals surface area contributed by atoms with Crippen LogP contribution in [0.4, 0.5) is 17.1 Å². The van der Waals surface area contributed by atoms with Gasteiger partial charge in [-0.1, -0.05) is 98.8 Å². The normalized spacial score (nSPS) is 13.6. The summed E-state index contributed by atoms with van der Waals surface area (Å²) >= 11 is 1.87. The average molecular weight is 608 g/mol. The van der Waals surface area contributed by atoms with Crippen LogP contribution in [0.15, 0.2) is 144 Å². The summed E-state index contributed by atoms with van der Waals surface area (Å²) in [5.41, 5.74) is 10.5. The Morgan fingerprint density at radius 1 is 0.543 bits per heavy atom. The molecule has 1 aliphatic rings. The van der Waals surface area contributed by atoms with Crippen molar-refractivity contribution in [3.8, 4) is 11.1 Å². The number of thiophene rings is 1. The van der Waals surface area contributed by atoms with Gasteiger partial charge in [0.15, 0.2) is 0 Å². The summed E-state index contributed by atoms with van der Waals surface area (Å²) in [4.78, 5) is 2.41. The smallest absolute Gasteiger partial charge is 0.137 e. The van der Waals surface area contributed by atoms with Crippen LogP contribution in [0.3, 0.4) is 0 Å². The highest BCUT2D eigenvalue weighted by Gasteiger charge is 2.36. The van der Waals surface area contributed by atoms with Crippen LogP contribution in [-0.2, 0) is 5.41 Å². The molecule has 0 unspecified atom stereocenters. The van der Waals surface area contributed by atoms with Gasteiger partial charge in [-0.3, -0.25) is 0 Å². The predicted molar refractivity (Wildman–Crippen MR) is 196 cm³/mol. The molecule has 46 heavy (non-hydrogen) atoms. The van der Waals surface area contributed by atoms with Crippen molar-refractivity contribution >= 4 is 81.3 Å². The van der Waals surface area contributed by atoms with E-state index in [0.717, 1.165) is 33.6 Å². The van der Waals surface area contributed by atoms with E-state index in [4.69, 9.17) is 4.42 Å². The standard InChI is InChI=1S/C43H29NOS/c1-43(2)33-16-9-8-15-30(33)31-21-20-28(25-34(31)43)44(27-12-4-3-5-13-27)35-17-10-18-36-40(35)41-37(45-36)23-22-32-39-29-14-7-6-11-26(29)19-24-38(39)46-42(32)41/h3-25H,1-2H3. The van der Waals surface area contributed by atoms with E-state index in [1.54, 1.807) is 0 Å². The minimum atomic E-state index is -0.0926. The molecule has 1 aliphatic carbocycles. The van der Waals surface area contributed by atoms with Crippen LogP contribution in [0.5, 0.6) is 0 Å². The van der Waals surface area contributed by atoms with Crippen molar-refractivity contribution in [3.05, 3.63) is 151 Å². The first kappa shape index (κ1) is 25.9. The van der Waals surface area contributed by atoms with Crippen molar-refractivity contribution in [1.29, 1.82) is 0 Å². The Morgan fingerprint density at radius 3 is 2.24 bits per heavy atom. The van der Waals surface area contributed by atoms with E-state index in [2.05, 4.69) is 158 Å². The second-order valence-electron chi connectivity index (χ2n) is 12.9. The van der Waals surface area contributed by atoms with Crippen molar-refractivity contribution in [2.24, 2.45) is 0 Å². The van der Waals surface area contributed by atoms with Crippen molar-refractivity contribution in [2.45, 2.75) is 19.3 Å². The van der Waals surface area contributed by atoms with Gasteiger partial charge in [-0.25, -0.2) is 0 Å². The summed E-state index contributed by atoms with van der Waals surface area (Å²) in [6.45, 7) is 4.70. The Balaban J connectivity index is 1.28. The van der Waals surface area contributed by atoms with Gasteiger partial charge in [0.05, 0.1) is 11.1 Å². The maximum Gasteiger partial charge on any atom is 0.137 e. The maximum atomic E-state index is 6.64. The van der Waals surface area contributed by atoms with Crippen LogP contribution >= 0.6 is 11.3 Å². The molecule has 0 atom stereocenters. The molecule has 0 bridgehead atoms. The molecule has 0 N–H and O–H groups in total. The van der Waals surface area contributed by atoms with Gasteiger partial charge in [-0.15, -0.1) is 11.3 Å². The first-order chi connectivity index (χ1) is 22.6. The SMILES string of the molecule is CC1(C)c2ccccc2-c2ccc(N(c3ccccc3)c3cccc4oc5ccc6c(sc7ccc8ccccc8c76)c5c34)cc21. The molecule has 0 saturated carbocycles. The lowest BCUT2D eigenvalue weighted by atomic mass is 9.82. The topological polar surface area (TPSA) is 16.4 Å². The Morgan fingerprint density at radius 2 is 1.33 bits per heavy atom. The van der Waals surface area contributed by atoms with E-state index in [9.17, 15) is 0 Å². The minimum absolute atomic E-state index is 0.0926. The highest BCUT2D eigenvalue weighted by molar-refractivity contribution is 7.27. The number of nitrogens with zero attached hydrogens (tertiary/aromatic N) is 1. The molecule has 0 aliphatic heterocycles. The van der Waals surface area contributed by atoms with Crippen LogP contribution in [0.25, 0.3) is 64.0 Å². The zero-order chi connectivity index (χ0) is 30.6. The maximum absolute atomic E-state index is 6.64. The monoisotopic (exact) mass is 607 g/mol. The van der Waals surface area contributed by atoms with Gasteiger partial charge in [0, 0.05) is 42.3 Å². The number of furan rings is 1. The van der Waals surface area contributed by atoms with Gasteiger partial charge < -0.3 is 9.32 Å². The van der Waals surface area contributed by atoms with E-state index in [0.29, 0.717) is 0 Å². The first-order valence-electron chi connectivity index (χ1n) is 15.9. The third-order valence-electron chi connectivity index (χ3n) is 10.0. The first-order valence-corrected chi connectivity index (χ1v) is 16.7. The number of hydrogen-bond acceptors (Lipinski definition) is 3. The summed E-state index contributed by atoms with van der Waals surface area (Å²) in [5.74, 6) is 0. The molecule has 2 heterocycles. The van der Waals surface area contributed by atoms with Crippen LogP contribution in [0, 0.1) is 0 Å². The van der Waals surface area contributed by atoms with Crippen LogP contribution in [0.2, 0.25) is 0 Å². The summed E-state index contributed by atoms with van der Waals surface area (Å²) in [6.07, 6.45) is 0. The molecule has 10 rings (SSSR count). The number of rotatable bonds is 3. The molecule has 0 fully saturated rings. The average Bonchev–Trinajstić information content (AvgIpc) is 3.74. The number of hydrogen-bond donors (Lipinski definition) is 0. The fraction of sp³-hybridized carbons (Fsp3) is 0.0698. The van der Waals surface area contributed by atoms with Gasteiger partial charge in [0.1, 0.15) is 11.2 Å². The third-order valence-corrected chi connectivity index (χ3v) is 11.2. The van der Waals surface area contributed by atoms with Crippen LogP contribution in [-0.4, -0.2) is 0 Å². The molecule has 7 aromatic carbocycles. The Labute approximate surface area is 270 Å². The van der Waals surface area contributed by atoms with E-state index in [-0.39, 0.29) is 5.41 Å². The number of anilines is 3. The molecule has 2 nitrogen and oxygen atoms in total. The second kappa shape index (κ2) is 9.32. The molecule has 0 saturated heterocycles. The third kappa shape index (κ3) is 3.46.